The molecule has 6 nitrogen and oxygen atoms in total. The number of nitrogens with one attached hydrogen (secondary N) is 1. The maximum absolute atomic E-state index is 11.8. The Hall–Kier alpha value is -3.02. The maximum atomic E-state index is 11.8. The first-order valence-corrected chi connectivity index (χ1v) is 6.99. The molecule has 23 heavy (non-hydrogen) atoms. The molecule has 2 aromatic carbocycles. The Morgan fingerprint density at radius 3 is 2.35 bits per heavy atom. The van der Waals surface area contributed by atoms with Gasteiger partial charge in [0.1, 0.15) is 11.3 Å². The summed E-state index contributed by atoms with van der Waals surface area (Å²) in [7, 11) is 3.85. The number of phenols is 1. The summed E-state index contributed by atoms with van der Waals surface area (Å²) in [6.45, 7) is -0.428. The van der Waals surface area contributed by atoms with Crippen LogP contribution in [0.15, 0.2) is 48.5 Å². The molecule has 6 heteroatoms. The normalized spacial score (nSPS) is 10.0. The van der Waals surface area contributed by atoms with Crippen LogP contribution in [-0.4, -0.2) is 37.7 Å². The number of carbonyl (C=O) groups is 2. The minimum Gasteiger partial charge on any atom is -0.507 e. The average Bonchev–Trinajstić information content (AvgIpc) is 2.53. The van der Waals surface area contributed by atoms with Gasteiger partial charge in [-0.1, -0.05) is 12.1 Å². The van der Waals surface area contributed by atoms with E-state index < -0.39 is 18.5 Å². The quantitative estimate of drug-likeness (QED) is 0.828. The molecule has 0 aliphatic rings. The molecule has 0 unspecified atom stereocenters. The van der Waals surface area contributed by atoms with E-state index in [1.165, 1.54) is 12.1 Å². The van der Waals surface area contributed by atoms with Crippen LogP contribution in [0.2, 0.25) is 0 Å². The molecule has 2 aromatic rings. The second-order valence-electron chi connectivity index (χ2n) is 5.08. The molecule has 0 aliphatic carbocycles. The van der Waals surface area contributed by atoms with Crippen molar-refractivity contribution in [3.8, 4) is 5.75 Å². The molecule has 0 fully saturated rings. The smallest absolute Gasteiger partial charge is 0.342 e. The Morgan fingerprint density at radius 2 is 1.74 bits per heavy atom. The number of rotatable bonds is 5. The largest absolute Gasteiger partial charge is 0.507 e. The van der Waals surface area contributed by atoms with Crippen LogP contribution < -0.4 is 10.2 Å². The van der Waals surface area contributed by atoms with Gasteiger partial charge in [0.05, 0.1) is 0 Å². The fourth-order valence-electron chi connectivity index (χ4n) is 1.90. The molecule has 0 saturated heterocycles. The van der Waals surface area contributed by atoms with Gasteiger partial charge in [-0.2, -0.15) is 0 Å². The number of benzene rings is 2. The van der Waals surface area contributed by atoms with E-state index in [9.17, 15) is 14.7 Å². The van der Waals surface area contributed by atoms with Gasteiger partial charge in [0.25, 0.3) is 5.91 Å². The summed E-state index contributed by atoms with van der Waals surface area (Å²) in [6, 6.07) is 13.3. The van der Waals surface area contributed by atoms with Gasteiger partial charge in [0, 0.05) is 25.5 Å². The van der Waals surface area contributed by atoms with Crippen molar-refractivity contribution in [2.75, 3.05) is 30.9 Å². The number of anilines is 2. The van der Waals surface area contributed by atoms with Crippen molar-refractivity contribution >= 4 is 23.3 Å². The second kappa shape index (κ2) is 7.31. The zero-order valence-electron chi connectivity index (χ0n) is 12.9. The van der Waals surface area contributed by atoms with E-state index in [0.717, 1.165) is 5.69 Å². The summed E-state index contributed by atoms with van der Waals surface area (Å²) in [5.74, 6) is -1.38. The second-order valence-corrected chi connectivity index (χ2v) is 5.08. The lowest BCUT2D eigenvalue weighted by molar-refractivity contribution is -0.119. The number of esters is 1. The summed E-state index contributed by atoms with van der Waals surface area (Å²) in [5.41, 5.74) is 1.64. The van der Waals surface area contributed by atoms with Gasteiger partial charge < -0.3 is 20.1 Å². The summed E-state index contributed by atoms with van der Waals surface area (Å²) < 4.78 is 4.89. The van der Waals surface area contributed by atoms with Gasteiger partial charge in [0.15, 0.2) is 6.61 Å². The molecule has 120 valence electrons. The Kier molecular flexibility index (Phi) is 5.19. The lowest BCUT2D eigenvalue weighted by atomic mass is 10.2. The van der Waals surface area contributed by atoms with Crippen molar-refractivity contribution in [3.05, 3.63) is 54.1 Å². The number of para-hydroxylation sites is 1. The third-order valence-corrected chi connectivity index (χ3v) is 3.13. The predicted octanol–water partition coefficient (Wildman–Crippen LogP) is 2.25. The molecule has 0 spiro atoms. The van der Waals surface area contributed by atoms with Crippen LogP contribution in [-0.2, 0) is 9.53 Å². The summed E-state index contributed by atoms with van der Waals surface area (Å²) >= 11 is 0. The van der Waals surface area contributed by atoms with Gasteiger partial charge >= 0.3 is 5.97 Å². The van der Waals surface area contributed by atoms with Crippen molar-refractivity contribution in [1.29, 1.82) is 0 Å². The summed E-state index contributed by atoms with van der Waals surface area (Å²) in [6.07, 6.45) is 0. The predicted molar refractivity (Wildman–Crippen MR) is 87.8 cm³/mol. The molecule has 0 saturated carbocycles. The van der Waals surface area contributed by atoms with Gasteiger partial charge in [-0.3, -0.25) is 4.79 Å². The standard InChI is InChI=1S/C17H18N2O4/c1-19(2)13-9-7-12(8-10-13)18-16(21)11-23-17(22)14-5-3-4-6-15(14)20/h3-10,20H,11H2,1-2H3,(H,18,21). The van der Waals surface area contributed by atoms with Crippen molar-refractivity contribution < 1.29 is 19.4 Å². The highest BCUT2D eigenvalue weighted by atomic mass is 16.5. The third kappa shape index (κ3) is 4.47. The van der Waals surface area contributed by atoms with Crippen LogP contribution in [0.25, 0.3) is 0 Å². The number of ether oxygens (including phenoxy) is 1. The van der Waals surface area contributed by atoms with E-state index in [0.29, 0.717) is 5.69 Å². The van der Waals surface area contributed by atoms with Crippen LogP contribution in [0.5, 0.6) is 5.75 Å². The van der Waals surface area contributed by atoms with Crippen LogP contribution in [0.3, 0.4) is 0 Å². The zero-order chi connectivity index (χ0) is 16.8. The van der Waals surface area contributed by atoms with Crippen molar-refractivity contribution in [3.63, 3.8) is 0 Å². The first-order chi connectivity index (χ1) is 11.0. The number of hydrogen-bond donors (Lipinski definition) is 2. The molecule has 0 bridgehead atoms. The van der Waals surface area contributed by atoms with E-state index in [1.807, 2.05) is 31.1 Å². The highest BCUT2D eigenvalue weighted by molar-refractivity contribution is 5.96. The Balaban J connectivity index is 1.88. The van der Waals surface area contributed by atoms with Gasteiger partial charge in [0.2, 0.25) is 0 Å². The van der Waals surface area contributed by atoms with Crippen LogP contribution in [0.1, 0.15) is 10.4 Å². The lowest BCUT2D eigenvalue weighted by Gasteiger charge is -2.13. The first kappa shape index (κ1) is 16.4. The van der Waals surface area contributed by atoms with E-state index >= 15 is 0 Å². The van der Waals surface area contributed by atoms with E-state index in [-0.39, 0.29) is 11.3 Å². The first-order valence-electron chi connectivity index (χ1n) is 6.99. The van der Waals surface area contributed by atoms with Crippen molar-refractivity contribution in [1.82, 2.24) is 0 Å². The molecule has 0 aromatic heterocycles. The van der Waals surface area contributed by atoms with E-state index in [4.69, 9.17) is 4.74 Å². The highest BCUT2D eigenvalue weighted by Gasteiger charge is 2.13. The van der Waals surface area contributed by atoms with Crippen LogP contribution in [0, 0.1) is 0 Å². The maximum Gasteiger partial charge on any atom is 0.342 e. The topological polar surface area (TPSA) is 78.9 Å². The van der Waals surface area contributed by atoms with E-state index in [1.54, 1.807) is 24.3 Å². The van der Waals surface area contributed by atoms with Gasteiger partial charge in [-0.15, -0.1) is 0 Å². The SMILES string of the molecule is CN(C)c1ccc(NC(=O)COC(=O)c2ccccc2O)cc1. The van der Waals surface area contributed by atoms with Crippen molar-refractivity contribution in [2.24, 2.45) is 0 Å². The van der Waals surface area contributed by atoms with Crippen LogP contribution in [0.4, 0.5) is 11.4 Å². The molecule has 2 N–H and O–H groups in total. The fraction of sp³-hybridized carbons (Fsp3) is 0.176. The number of carbonyl (C=O) groups excluding carboxylic acids is 2. The number of phenolic OH excluding ortho intramolecular Hbond substituents is 1. The highest BCUT2D eigenvalue weighted by Crippen LogP contribution is 2.17. The Morgan fingerprint density at radius 1 is 1.09 bits per heavy atom. The zero-order valence-corrected chi connectivity index (χ0v) is 12.9. The number of nitrogens with zero attached hydrogens (tertiary/aromatic N) is 1. The van der Waals surface area contributed by atoms with E-state index in [2.05, 4.69) is 5.32 Å². The summed E-state index contributed by atoms with van der Waals surface area (Å²) in [4.78, 5) is 25.5. The van der Waals surface area contributed by atoms with Crippen molar-refractivity contribution in [2.45, 2.75) is 0 Å². The minimum absolute atomic E-state index is 0.0237. The fourth-order valence-corrected chi connectivity index (χ4v) is 1.90. The Bertz CT molecular complexity index is 696. The molecular formula is C17H18N2O4. The average molecular weight is 314 g/mol. The molecule has 1 amide bonds. The summed E-state index contributed by atoms with van der Waals surface area (Å²) in [5, 5.41) is 12.2. The lowest BCUT2D eigenvalue weighted by Crippen LogP contribution is -2.21. The molecule has 2 rings (SSSR count). The number of amides is 1. The van der Waals surface area contributed by atoms with Gasteiger partial charge in [-0.05, 0) is 36.4 Å². The number of aromatic hydroxyl groups is 1. The van der Waals surface area contributed by atoms with Crippen LogP contribution >= 0.6 is 0 Å². The molecule has 0 radical (unpaired) electrons. The number of hydrogen-bond acceptors (Lipinski definition) is 5. The monoisotopic (exact) mass is 314 g/mol. The van der Waals surface area contributed by atoms with Gasteiger partial charge in [-0.25, -0.2) is 4.79 Å². The molecule has 0 aliphatic heterocycles. The Labute approximate surface area is 134 Å². The molecular weight excluding hydrogens is 296 g/mol. The molecule has 0 atom stereocenters. The third-order valence-electron chi connectivity index (χ3n) is 3.13. The molecule has 0 heterocycles. The minimum atomic E-state index is -0.749.